The van der Waals surface area contributed by atoms with E-state index in [4.69, 9.17) is 16.1 Å². The van der Waals surface area contributed by atoms with Crippen LogP contribution in [0.2, 0.25) is 0 Å². The van der Waals surface area contributed by atoms with E-state index in [2.05, 4.69) is 5.32 Å². The zero-order valence-electron chi connectivity index (χ0n) is 10.4. The van der Waals surface area contributed by atoms with Crippen molar-refractivity contribution in [1.82, 2.24) is 4.90 Å². The number of amides is 3. The van der Waals surface area contributed by atoms with Crippen LogP contribution in [0.25, 0.3) is 0 Å². The summed E-state index contributed by atoms with van der Waals surface area (Å²) in [5.41, 5.74) is 5.39. The van der Waals surface area contributed by atoms with E-state index in [0.717, 1.165) is 4.90 Å². The van der Waals surface area contributed by atoms with Gasteiger partial charge < -0.3 is 21.1 Å². The highest BCUT2D eigenvalue weighted by Crippen LogP contribution is 2.14. The molecule has 0 saturated heterocycles. The molecule has 0 aliphatic heterocycles. The van der Waals surface area contributed by atoms with Gasteiger partial charge in [-0.05, 0) is 12.1 Å². The Morgan fingerprint density at radius 2 is 1.95 bits per heavy atom. The average Bonchev–Trinajstić information content (AvgIpc) is 2.37. The third-order valence-electron chi connectivity index (χ3n) is 2.25. The van der Waals surface area contributed by atoms with E-state index in [9.17, 15) is 14.4 Å². The van der Waals surface area contributed by atoms with Crippen LogP contribution in [0.15, 0.2) is 24.3 Å². The zero-order chi connectivity index (χ0) is 15.1. The van der Waals surface area contributed by atoms with Crippen LogP contribution in [0.1, 0.15) is 5.56 Å². The van der Waals surface area contributed by atoms with E-state index in [1.54, 1.807) is 12.1 Å². The quantitative estimate of drug-likeness (QED) is 0.693. The smallest absolute Gasteiger partial charge is 0.323 e. The van der Waals surface area contributed by atoms with Crippen LogP contribution in [0.3, 0.4) is 0 Å². The number of benzene rings is 1. The van der Waals surface area contributed by atoms with Crippen LogP contribution in [0, 0.1) is 11.3 Å². The van der Waals surface area contributed by atoms with Gasteiger partial charge in [-0.25, -0.2) is 4.79 Å². The van der Waals surface area contributed by atoms with Crippen molar-refractivity contribution in [1.29, 1.82) is 5.26 Å². The third-order valence-corrected chi connectivity index (χ3v) is 2.25. The minimum Gasteiger partial charge on any atom is -0.480 e. The van der Waals surface area contributed by atoms with Gasteiger partial charge in [-0.15, -0.1) is 0 Å². The van der Waals surface area contributed by atoms with Crippen molar-refractivity contribution in [2.24, 2.45) is 5.73 Å². The predicted octanol–water partition coefficient (Wildman–Crippen LogP) is -0.0379. The lowest BCUT2D eigenvalue weighted by atomic mass is 10.2. The third kappa shape index (κ3) is 4.30. The number of urea groups is 1. The molecule has 3 amide bonds. The van der Waals surface area contributed by atoms with E-state index >= 15 is 0 Å². The SMILES string of the molecule is N#Cc1ccccc1NC(=O)N(CC(N)=O)CC(=O)O. The number of hydrogen-bond donors (Lipinski definition) is 3. The summed E-state index contributed by atoms with van der Waals surface area (Å²) >= 11 is 0. The van der Waals surface area contributed by atoms with Crippen molar-refractivity contribution in [3.05, 3.63) is 29.8 Å². The molecule has 0 bridgehead atoms. The fourth-order valence-electron chi connectivity index (χ4n) is 1.43. The second-order valence-electron chi connectivity index (χ2n) is 3.80. The summed E-state index contributed by atoms with van der Waals surface area (Å²) in [6.45, 7) is -1.21. The topological polar surface area (TPSA) is 137 Å². The summed E-state index contributed by atoms with van der Waals surface area (Å²) in [6, 6.07) is 7.25. The molecule has 0 atom stereocenters. The summed E-state index contributed by atoms with van der Waals surface area (Å²) in [7, 11) is 0. The molecule has 8 nitrogen and oxygen atoms in total. The largest absolute Gasteiger partial charge is 0.480 e. The van der Waals surface area contributed by atoms with Gasteiger partial charge >= 0.3 is 12.0 Å². The highest BCUT2D eigenvalue weighted by molar-refractivity contribution is 5.94. The molecule has 1 aromatic rings. The number of para-hydroxylation sites is 1. The van der Waals surface area contributed by atoms with Crippen LogP contribution >= 0.6 is 0 Å². The van der Waals surface area contributed by atoms with Gasteiger partial charge in [-0.3, -0.25) is 9.59 Å². The molecule has 0 aliphatic rings. The lowest BCUT2D eigenvalue weighted by Crippen LogP contribution is -2.43. The number of carboxylic acid groups (broad SMARTS) is 1. The van der Waals surface area contributed by atoms with Gasteiger partial charge in [0, 0.05) is 0 Å². The maximum absolute atomic E-state index is 11.9. The minimum atomic E-state index is -1.28. The number of carbonyl (C=O) groups is 3. The molecule has 0 spiro atoms. The molecule has 0 aromatic heterocycles. The van der Waals surface area contributed by atoms with Gasteiger partial charge in [0.05, 0.1) is 11.3 Å². The number of nitriles is 1. The number of aliphatic carboxylic acids is 1. The Balaban J connectivity index is 2.87. The normalized spacial score (nSPS) is 9.35. The number of primary amides is 1. The molecule has 1 aromatic carbocycles. The number of carbonyl (C=O) groups excluding carboxylic acids is 2. The molecule has 0 heterocycles. The summed E-state index contributed by atoms with van der Waals surface area (Å²) in [6.07, 6.45) is 0. The van der Waals surface area contributed by atoms with E-state index in [0.29, 0.717) is 0 Å². The van der Waals surface area contributed by atoms with Gasteiger partial charge in [0.2, 0.25) is 5.91 Å². The Hall–Kier alpha value is -3.08. The van der Waals surface area contributed by atoms with Crippen LogP contribution < -0.4 is 11.1 Å². The molecule has 0 aliphatic carbocycles. The number of rotatable bonds is 5. The first-order valence-corrected chi connectivity index (χ1v) is 5.49. The van der Waals surface area contributed by atoms with E-state index in [-0.39, 0.29) is 11.3 Å². The van der Waals surface area contributed by atoms with Crippen molar-refractivity contribution >= 4 is 23.6 Å². The first-order valence-electron chi connectivity index (χ1n) is 5.49. The highest BCUT2D eigenvalue weighted by Gasteiger charge is 2.19. The van der Waals surface area contributed by atoms with Gasteiger partial charge in [0.25, 0.3) is 0 Å². The van der Waals surface area contributed by atoms with Crippen LogP contribution in [-0.4, -0.2) is 41.0 Å². The standard InChI is InChI=1S/C12H12N4O4/c13-5-8-3-1-2-4-9(8)15-12(20)16(6-10(14)17)7-11(18)19/h1-4H,6-7H2,(H2,14,17)(H,15,20)(H,18,19). The van der Waals surface area contributed by atoms with Gasteiger partial charge in [0.15, 0.2) is 0 Å². The van der Waals surface area contributed by atoms with Crippen LogP contribution in [0.4, 0.5) is 10.5 Å². The van der Waals surface area contributed by atoms with E-state index < -0.39 is 31.0 Å². The summed E-state index contributed by atoms with van der Waals surface area (Å²) in [4.78, 5) is 34.1. The van der Waals surface area contributed by atoms with Crippen LogP contribution in [-0.2, 0) is 9.59 Å². The summed E-state index contributed by atoms with van der Waals surface area (Å²) in [5.74, 6) is -2.12. The number of anilines is 1. The van der Waals surface area contributed by atoms with Crippen molar-refractivity contribution in [3.63, 3.8) is 0 Å². The first kappa shape index (κ1) is 15.0. The molecule has 1 rings (SSSR count). The van der Waals surface area contributed by atoms with Crippen LogP contribution in [0.5, 0.6) is 0 Å². The Morgan fingerprint density at radius 1 is 1.30 bits per heavy atom. The van der Waals surface area contributed by atoms with Crippen molar-refractivity contribution in [3.8, 4) is 6.07 Å². The number of carboxylic acids is 1. The number of nitrogens with zero attached hydrogens (tertiary/aromatic N) is 2. The Bertz CT molecular complexity index is 563. The maximum Gasteiger partial charge on any atom is 0.323 e. The lowest BCUT2D eigenvalue weighted by molar-refractivity contribution is -0.137. The fourth-order valence-corrected chi connectivity index (χ4v) is 1.43. The first-order chi connectivity index (χ1) is 9.43. The van der Waals surface area contributed by atoms with Crippen molar-refractivity contribution in [2.75, 3.05) is 18.4 Å². The molecule has 104 valence electrons. The maximum atomic E-state index is 11.9. The number of hydrogen-bond acceptors (Lipinski definition) is 4. The highest BCUT2D eigenvalue weighted by atomic mass is 16.4. The second-order valence-corrected chi connectivity index (χ2v) is 3.80. The number of nitrogens with two attached hydrogens (primary N) is 1. The predicted molar refractivity (Wildman–Crippen MR) is 68.6 cm³/mol. The second kappa shape index (κ2) is 6.75. The minimum absolute atomic E-state index is 0.218. The molecule has 8 heteroatoms. The Kier molecular flexibility index (Phi) is 5.05. The van der Waals surface area contributed by atoms with Gasteiger partial charge in [0.1, 0.15) is 19.2 Å². The molecule has 20 heavy (non-hydrogen) atoms. The van der Waals surface area contributed by atoms with Crippen molar-refractivity contribution in [2.45, 2.75) is 0 Å². The monoisotopic (exact) mass is 276 g/mol. The lowest BCUT2D eigenvalue weighted by Gasteiger charge is -2.19. The van der Waals surface area contributed by atoms with Gasteiger partial charge in [-0.2, -0.15) is 5.26 Å². The molecule has 0 unspecified atom stereocenters. The molecular formula is C12H12N4O4. The number of nitrogens with one attached hydrogen (secondary N) is 1. The molecular weight excluding hydrogens is 264 g/mol. The molecule has 0 saturated carbocycles. The Morgan fingerprint density at radius 3 is 2.50 bits per heavy atom. The molecule has 0 fully saturated rings. The Labute approximate surface area is 114 Å². The van der Waals surface area contributed by atoms with E-state index in [1.165, 1.54) is 12.1 Å². The summed E-state index contributed by atoms with van der Waals surface area (Å²) < 4.78 is 0. The van der Waals surface area contributed by atoms with Crippen molar-refractivity contribution < 1.29 is 19.5 Å². The molecule has 4 N–H and O–H groups in total. The summed E-state index contributed by atoms with van der Waals surface area (Å²) in [5, 5.41) is 19.9. The molecule has 0 radical (unpaired) electrons. The average molecular weight is 276 g/mol. The van der Waals surface area contributed by atoms with E-state index in [1.807, 2.05) is 6.07 Å². The fraction of sp³-hybridized carbons (Fsp3) is 0.167. The van der Waals surface area contributed by atoms with Gasteiger partial charge in [-0.1, -0.05) is 12.1 Å². The zero-order valence-corrected chi connectivity index (χ0v) is 10.4.